The Hall–Kier alpha value is -2.58. The molecule has 0 atom stereocenters. The first kappa shape index (κ1) is 19.2. The molecule has 1 N–H and O–H groups in total. The van der Waals surface area contributed by atoms with Crippen molar-refractivity contribution in [1.29, 1.82) is 0 Å². The normalized spacial score (nSPS) is 10.6. The lowest BCUT2D eigenvalue weighted by molar-refractivity contribution is -0.113. The first-order valence-corrected chi connectivity index (χ1v) is 9.38. The van der Waals surface area contributed by atoms with Crippen LogP contribution in [0.3, 0.4) is 0 Å². The Morgan fingerprint density at radius 3 is 2.78 bits per heavy atom. The van der Waals surface area contributed by atoms with E-state index in [0.717, 1.165) is 11.3 Å². The number of thioether (sulfide) groups is 1. The zero-order valence-electron chi connectivity index (χ0n) is 14.2. The third kappa shape index (κ3) is 5.21. The molecular formula is C18H15ClFN3O3S. The van der Waals surface area contributed by atoms with Crippen LogP contribution >= 0.6 is 23.4 Å². The summed E-state index contributed by atoms with van der Waals surface area (Å²) in [4.78, 5) is 16.2. The van der Waals surface area contributed by atoms with Crippen LogP contribution in [0.25, 0.3) is 11.4 Å². The summed E-state index contributed by atoms with van der Waals surface area (Å²) in [6, 6.07) is 11.3. The van der Waals surface area contributed by atoms with Crippen molar-refractivity contribution in [3.05, 3.63) is 59.2 Å². The molecule has 3 rings (SSSR count). The molecule has 0 aliphatic heterocycles. The molecule has 0 radical (unpaired) electrons. The van der Waals surface area contributed by atoms with Crippen LogP contribution in [0.4, 0.5) is 10.1 Å². The summed E-state index contributed by atoms with van der Waals surface area (Å²) in [5.41, 5.74) is 1.24. The number of hydrogen-bond donors (Lipinski definition) is 1. The Bertz CT molecular complexity index is 934. The first-order valence-electron chi connectivity index (χ1n) is 7.85. The zero-order valence-corrected chi connectivity index (χ0v) is 15.8. The maximum atomic E-state index is 13.1. The van der Waals surface area contributed by atoms with Crippen molar-refractivity contribution in [2.75, 3.05) is 18.2 Å². The molecular weight excluding hydrogens is 393 g/mol. The lowest BCUT2D eigenvalue weighted by Crippen LogP contribution is -2.14. The Balaban J connectivity index is 1.49. The molecule has 0 aliphatic rings. The minimum Gasteiger partial charge on any atom is -0.497 e. The van der Waals surface area contributed by atoms with Crippen LogP contribution in [0.15, 0.2) is 47.0 Å². The summed E-state index contributed by atoms with van der Waals surface area (Å²) in [7, 11) is 1.60. The van der Waals surface area contributed by atoms with E-state index < -0.39 is 5.82 Å². The fourth-order valence-electron chi connectivity index (χ4n) is 2.17. The number of benzene rings is 2. The van der Waals surface area contributed by atoms with Crippen LogP contribution in [0.2, 0.25) is 5.02 Å². The zero-order chi connectivity index (χ0) is 19.2. The molecule has 1 aromatic heterocycles. The number of aromatic nitrogens is 2. The SMILES string of the molecule is COc1ccc(-c2noc(CSCC(=O)Nc3ccc(F)c(Cl)c3)n2)cc1. The molecule has 2 aromatic carbocycles. The first-order chi connectivity index (χ1) is 13.0. The van der Waals surface area contributed by atoms with Gasteiger partial charge in [-0.05, 0) is 42.5 Å². The van der Waals surface area contributed by atoms with Gasteiger partial charge in [0.25, 0.3) is 0 Å². The predicted molar refractivity (Wildman–Crippen MR) is 102 cm³/mol. The predicted octanol–water partition coefficient (Wildman–Crippen LogP) is 4.41. The van der Waals surface area contributed by atoms with Crippen molar-refractivity contribution in [2.45, 2.75) is 5.75 Å². The van der Waals surface area contributed by atoms with E-state index in [1.807, 2.05) is 24.3 Å². The van der Waals surface area contributed by atoms with Gasteiger partial charge in [0, 0.05) is 11.3 Å². The molecule has 0 spiro atoms. The molecule has 0 unspecified atom stereocenters. The molecule has 0 saturated carbocycles. The summed E-state index contributed by atoms with van der Waals surface area (Å²) in [6.45, 7) is 0. The third-order valence-electron chi connectivity index (χ3n) is 3.48. The maximum absolute atomic E-state index is 13.1. The second-order valence-corrected chi connectivity index (χ2v) is 6.80. The lowest BCUT2D eigenvalue weighted by Gasteiger charge is -2.05. The van der Waals surface area contributed by atoms with Crippen LogP contribution in [0.5, 0.6) is 5.75 Å². The van der Waals surface area contributed by atoms with E-state index in [1.54, 1.807) is 7.11 Å². The van der Waals surface area contributed by atoms with Crippen LogP contribution in [0.1, 0.15) is 5.89 Å². The Kier molecular flexibility index (Phi) is 6.31. The number of halogens is 2. The number of amides is 1. The average Bonchev–Trinajstić information content (AvgIpc) is 3.14. The number of carbonyl (C=O) groups excluding carboxylic acids is 1. The second kappa shape index (κ2) is 8.88. The highest BCUT2D eigenvalue weighted by Crippen LogP contribution is 2.22. The minimum atomic E-state index is -0.534. The summed E-state index contributed by atoms with van der Waals surface area (Å²) >= 11 is 7.01. The van der Waals surface area contributed by atoms with Crippen molar-refractivity contribution >= 4 is 35.0 Å². The van der Waals surface area contributed by atoms with Gasteiger partial charge in [-0.2, -0.15) is 4.98 Å². The summed E-state index contributed by atoms with van der Waals surface area (Å²) in [6.07, 6.45) is 0. The van der Waals surface area contributed by atoms with Gasteiger partial charge in [-0.15, -0.1) is 11.8 Å². The van der Waals surface area contributed by atoms with Gasteiger partial charge in [-0.3, -0.25) is 4.79 Å². The number of methoxy groups -OCH3 is 1. The maximum Gasteiger partial charge on any atom is 0.236 e. The fourth-order valence-corrected chi connectivity index (χ4v) is 3.00. The largest absolute Gasteiger partial charge is 0.497 e. The Morgan fingerprint density at radius 2 is 2.07 bits per heavy atom. The van der Waals surface area contributed by atoms with Gasteiger partial charge < -0.3 is 14.6 Å². The number of carbonyl (C=O) groups is 1. The van der Waals surface area contributed by atoms with E-state index in [2.05, 4.69) is 15.5 Å². The van der Waals surface area contributed by atoms with Gasteiger partial charge >= 0.3 is 0 Å². The van der Waals surface area contributed by atoms with Crippen molar-refractivity contribution in [3.8, 4) is 17.1 Å². The molecule has 9 heteroatoms. The molecule has 1 amide bonds. The van der Waals surface area contributed by atoms with Gasteiger partial charge in [-0.25, -0.2) is 4.39 Å². The summed E-state index contributed by atoms with van der Waals surface area (Å²) in [5, 5.41) is 6.54. The van der Waals surface area contributed by atoms with Crippen LogP contribution in [0, 0.1) is 5.82 Å². The number of hydrogen-bond acceptors (Lipinski definition) is 6. The molecule has 0 bridgehead atoms. The molecule has 3 aromatic rings. The quantitative estimate of drug-likeness (QED) is 0.625. The molecule has 0 aliphatic carbocycles. The van der Waals surface area contributed by atoms with Crippen molar-refractivity contribution in [1.82, 2.24) is 10.1 Å². The Labute approximate surface area is 164 Å². The number of nitrogens with one attached hydrogen (secondary N) is 1. The molecule has 0 fully saturated rings. The monoisotopic (exact) mass is 407 g/mol. The highest BCUT2D eigenvalue weighted by molar-refractivity contribution is 7.99. The van der Waals surface area contributed by atoms with E-state index in [-0.39, 0.29) is 16.7 Å². The highest BCUT2D eigenvalue weighted by Gasteiger charge is 2.11. The van der Waals surface area contributed by atoms with Crippen molar-refractivity contribution in [3.63, 3.8) is 0 Å². The van der Waals surface area contributed by atoms with E-state index in [4.69, 9.17) is 20.9 Å². The van der Waals surface area contributed by atoms with Crippen LogP contribution in [-0.4, -0.2) is 28.9 Å². The molecule has 0 saturated heterocycles. The molecule has 140 valence electrons. The van der Waals surface area contributed by atoms with E-state index in [1.165, 1.54) is 30.0 Å². The van der Waals surface area contributed by atoms with E-state index in [9.17, 15) is 9.18 Å². The summed E-state index contributed by atoms with van der Waals surface area (Å²) in [5.74, 6) is 1.43. The van der Waals surface area contributed by atoms with Crippen LogP contribution in [-0.2, 0) is 10.5 Å². The molecule has 6 nitrogen and oxygen atoms in total. The third-order valence-corrected chi connectivity index (χ3v) is 4.69. The highest BCUT2D eigenvalue weighted by atomic mass is 35.5. The van der Waals surface area contributed by atoms with Crippen LogP contribution < -0.4 is 10.1 Å². The van der Waals surface area contributed by atoms with E-state index >= 15 is 0 Å². The number of anilines is 1. The van der Waals surface area contributed by atoms with Gasteiger partial charge in [0.05, 0.1) is 23.6 Å². The molecule has 27 heavy (non-hydrogen) atoms. The molecule has 1 heterocycles. The topological polar surface area (TPSA) is 77.2 Å². The smallest absolute Gasteiger partial charge is 0.236 e. The van der Waals surface area contributed by atoms with Crippen molar-refractivity contribution < 1.29 is 18.4 Å². The van der Waals surface area contributed by atoms with Gasteiger partial charge in [0.2, 0.25) is 17.6 Å². The minimum absolute atomic E-state index is 0.0441. The summed E-state index contributed by atoms with van der Waals surface area (Å²) < 4.78 is 23.4. The second-order valence-electron chi connectivity index (χ2n) is 5.41. The average molecular weight is 408 g/mol. The Morgan fingerprint density at radius 1 is 1.30 bits per heavy atom. The standard InChI is InChI=1S/C18H15ClFN3O3S/c1-25-13-5-2-11(3-6-13)18-22-17(26-23-18)10-27-9-16(24)21-12-4-7-15(20)14(19)8-12/h2-8H,9-10H2,1H3,(H,21,24). The van der Waals surface area contributed by atoms with Gasteiger partial charge in [0.1, 0.15) is 11.6 Å². The number of rotatable bonds is 7. The lowest BCUT2D eigenvalue weighted by atomic mass is 10.2. The number of nitrogens with zero attached hydrogens (tertiary/aromatic N) is 2. The van der Waals surface area contributed by atoms with Gasteiger partial charge in [-0.1, -0.05) is 16.8 Å². The van der Waals surface area contributed by atoms with Gasteiger partial charge in [0.15, 0.2) is 0 Å². The van der Waals surface area contributed by atoms with Crippen molar-refractivity contribution in [2.24, 2.45) is 0 Å². The fraction of sp³-hybridized carbons (Fsp3) is 0.167. The van der Waals surface area contributed by atoms with E-state index in [0.29, 0.717) is 23.2 Å². The number of ether oxygens (including phenoxy) is 1.